The largest absolute Gasteiger partial charge is 0.278 e. The molecule has 0 bridgehead atoms. The Kier molecular flexibility index (Phi) is 3.10. The summed E-state index contributed by atoms with van der Waals surface area (Å²) in [7, 11) is -3.53. The number of benzene rings is 1. The van der Waals surface area contributed by atoms with Crippen LogP contribution >= 0.6 is 0 Å². The van der Waals surface area contributed by atoms with Crippen LogP contribution in [0.3, 0.4) is 0 Å². The minimum atomic E-state index is -3.53. The summed E-state index contributed by atoms with van der Waals surface area (Å²) in [4.78, 5) is 4.14. The van der Waals surface area contributed by atoms with Crippen LogP contribution in [-0.2, 0) is 10.0 Å². The fourth-order valence-corrected chi connectivity index (χ4v) is 2.78. The Morgan fingerprint density at radius 1 is 1.12 bits per heavy atom. The number of nitrogens with zero attached hydrogens (tertiary/aromatic N) is 1. The Bertz CT molecular complexity index is 609. The smallest absolute Gasteiger partial charge is 0.262 e. The van der Waals surface area contributed by atoms with E-state index in [0.717, 1.165) is 0 Å². The molecule has 0 radical (unpaired) electrons. The van der Waals surface area contributed by atoms with E-state index in [1.165, 1.54) is 6.20 Å². The van der Waals surface area contributed by atoms with Crippen molar-refractivity contribution in [3.8, 4) is 0 Å². The molecule has 1 heterocycles. The van der Waals surface area contributed by atoms with E-state index in [1.54, 1.807) is 49.5 Å². The van der Waals surface area contributed by atoms with Crippen LogP contribution in [0.25, 0.3) is 0 Å². The van der Waals surface area contributed by atoms with E-state index >= 15 is 0 Å². The highest BCUT2D eigenvalue weighted by molar-refractivity contribution is 7.92. The molecule has 0 saturated heterocycles. The molecule has 2 rings (SSSR count). The number of aryl methyl sites for hydroxylation is 1. The van der Waals surface area contributed by atoms with Crippen molar-refractivity contribution in [3.63, 3.8) is 0 Å². The highest BCUT2D eigenvalue weighted by Gasteiger charge is 2.15. The Labute approximate surface area is 100 Å². The van der Waals surface area contributed by atoms with Crippen molar-refractivity contribution in [2.75, 3.05) is 4.72 Å². The zero-order chi connectivity index (χ0) is 12.3. The lowest BCUT2D eigenvalue weighted by atomic mass is 10.2. The maximum Gasteiger partial charge on any atom is 0.262 e. The van der Waals surface area contributed by atoms with Crippen molar-refractivity contribution < 1.29 is 8.42 Å². The summed E-state index contributed by atoms with van der Waals surface area (Å²) < 4.78 is 26.7. The fraction of sp³-hybridized carbons (Fsp3) is 0.0833. The first-order valence-electron chi connectivity index (χ1n) is 5.08. The third-order valence-corrected chi connectivity index (χ3v) is 3.84. The van der Waals surface area contributed by atoms with Gasteiger partial charge in [-0.3, -0.25) is 9.71 Å². The van der Waals surface area contributed by atoms with Gasteiger partial charge in [-0.2, -0.15) is 0 Å². The molecule has 0 saturated carbocycles. The third-order valence-electron chi connectivity index (χ3n) is 2.30. The van der Waals surface area contributed by atoms with Crippen LogP contribution in [0.15, 0.2) is 53.7 Å². The number of anilines is 1. The van der Waals surface area contributed by atoms with Crippen LogP contribution in [0, 0.1) is 6.92 Å². The van der Waals surface area contributed by atoms with Crippen molar-refractivity contribution in [2.24, 2.45) is 0 Å². The number of pyridine rings is 1. The van der Waals surface area contributed by atoms with Gasteiger partial charge in [0.1, 0.15) is 0 Å². The van der Waals surface area contributed by atoms with Gasteiger partial charge in [-0.15, -0.1) is 0 Å². The van der Waals surface area contributed by atoms with Crippen LogP contribution in [0.5, 0.6) is 0 Å². The van der Waals surface area contributed by atoms with Crippen molar-refractivity contribution >= 4 is 15.7 Å². The molecule has 0 fully saturated rings. The van der Waals surface area contributed by atoms with Gasteiger partial charge in [-0.1, -0.05) is 18.2 Å². The second kappa shape index (κ2) is 4.55. The van der Waals surface area contributed by atoms with Gasteiger partial charge in [0.15, 0.2) is 0 Å². The molecule has 1 aromatic heterocycles. The van der Waals surface area contributed by atoms with Gasteiger partial charge in [-0.25, -0.2) is 8.42 Å². The quantitative estimate of drug-likeness (QED) is 0.905. The molecule has 0 unspecified atom stereocenters. The van der Waals surface area contributed by atoms with Crippen LogP contribution in [0.1, 0.15) is 5.56 Å². The minimum absolute atomic E-state index is 0.281. The SMILES string of the molecule is Cc1ccccc1S(=O)(=O)Nc1cccnc1. The minimum Gasteiger partial charge on any atom is -0.278 e. The summed E-state index contributed by atoms with van der Waals surface area (Å²) in [5.74, 6) is 0. The number of rotatable bonds is 3. The Morgan fingerprint density at radius 3 is 2.53 bits per heavy atom. The van der Waals surface area contributed by atoms with Crippen molar-refractivity contribution in [3.05, 3.63) is 54.4 Å². The van der Waals surface area contributed by atoms with Gasteiger partial charge in [0, 0.05) is 6.20 Å². The van der Waals surface area contributed by atoms with Gasteiger partial charge in [0.25, 0.3) is 10.0 Å². The molecule has 0 aliphatic heterocycles. The standard InChI is InChI=1S/C12H12N2O2S/c1-10-5-2-3-7-12(10)17(15,16)14-11-6-4-8-13-9-11/h2-9,14H,1H3. The summed E-state index contributed by atoms with van der Waals surface area (Å²) in [5.41, 5.74) is 1.17. The first-order valence-corrected chi connectivity index (χ1v) is 6.56. The van der Waals surface area contributed by atoms with Gasteiger partial charge >= 0.3 is 0 Å². The molecule has 1 N–H and O–H groups in total. The molecule has 0 aliphatic rings. The molecule has 0 atom stereocenters. The Hall–Kier alpha value is -1.88. The predicted molar refractivity (Wildman–Crippen MR) is 66.2 cm³/mol. The van der Waals surface area contributed by atoms with Crippen molar-refractivity contribution in [2.45, 2.75) is 11.8 Å². The summed E-state index contributed by atoms with van der Waals surface area (Å²) in [6.07, 6.45) is 3.06. The second-order valence-corrected chi connectivity index (χ2v) is 5.26. The van der Waals surface area contributed by atoms with Crippen molar-refractivity contribution in [1.82, 2.24) is 4.98 Å². The second-order valence-electron chi connectivity index (χ2n) is 3.61. The van der Waals surface area contributed by atoms with E-state index in [9.17, 15) is 8.42 Å². The van der Waals surface area contributed by atoms with Gasteiger partial charge < -0.3 is 0 Å². The Morgan fingerprint density at radius 2 is 1.88 bits per heavy atom. The summed E-state index contributed by atoms with van der Waals surface area (Å²) >= 11 is 0. The summed E-state index contributed by atoms with van der Waals surface area (Å²) in [6, 6.07) is 10.2. The maximum absolute atomic E-state index is 12.1. The molecular formula is C12H12N2O2S. The first kappa shape index (κ1) is 11.6. The normalized spacial score (nSPS) is 11.1. The van der Waals surface area contributed by atoms with Gasteiger partial charge in [-0.05, 0) is 30.7 Å². The number of hydrogen-bond donors (Lipinski definition) is 1. The van der Waals surface area contributed by atoms with Crippen molar-refractivity contribution in [1.29, 1.82) is 0 Å². The highest BCUT2D eigenvalue weighted by Crippen LogP contribution is 2.17. The maximum atomic E-state index is 12.1. The highest BCUT2D eigenvalue weighted by atomic mass is 32.2. The number of sulfonamides is 1. The molecular weight excluding hydrogens is 236 g/mol. The zero-order valence-corrected chi connectivity index (χ0v) is 10.1. The van der Waals surface area contributed by atoms with Crippen LogP contribution in [-0.4, -0.2) is 13.4 Å². The molecule has 0 spiro atoms. The molecule has 17 heavy (non-hydrogen) atoms. The molecule has 88 valence electrons. The van der Waals surface area contributed by atoms with Crippen LogP contribution in [0.2, 0.25) is 0 Å². The number of hydrogen-bond acceptors (Lipinski definition) is 3. The summed E-state index contributed by atoms with van der Waals surface area (Å²) in [6.45, 7) is 1.76. The van der Waals surface area contributed by atoms with E-state index < -0.39 is 10.0 Å². The van der Waals surface area contributed by atoms with Crippen LogP contribution < -0.4 is 4.72 Å². The van der Waals surface area contributed by atoms with Gasteiger partial charge in [0.2, 0.25) is 0 Å². The zero-order valence-electron chi connectivity index (χ0n) is 9.29. The summed E-state index contributed by atoms with van der Waals surface area (Å²) in [5, 5.41) is 0. The lowest BCUT2D eigenvalue weighted by Crippen LogP contribution is -2.14. The monoisotopic (exact) mass is 248 g/mol. The Balaban J connectivity index is 2.36. The predicted octanol–water partition coefficient (Wildman–Crippen LogP) is 2.19. The number of nitrogens with one attached hydrogen (secondary N) is 1. The first-order chi connectivity index (χ1) is 8.09. The lowest BCUT2D eigenvalue weighted by Gasteiger charge is -2.09. The topological polar surface area (TPSA) is 59.1 Å². The van der Waals surface area contributed by atoms with E-state index in [4.69, 9.17) is 0 Å². The molecule has 0 aliphatic carbocycles. The molecule has 2 aromatic rings. The molecule has 5 heteroatoms. The average Bonchev–Trinajstić information content (AvgIpc) is 2.30. The average molecular weight is 248 g/mol. The third kappa shape index (κ3) is 2.62. The molecule has 4 nitrogen and oxygen atoms in total. The molecule has 1 aromatic carbocycles. The van der Waals surface area contributed by atoms with Crippen LogP contribution in [0.4, 0.5) is 5.69 Å². The molecule has 0 amide bonds. The van der Waals surface area contributed by atoms with Gasteiger partial charge in [0.05, 0.1) is 16.8 Å². The lowest BCUT2D eigenvalue weighted by molar-refractivity contribution is 0.600. The van der Waals surface area contributed by atoms with E-state index in [0.29, 0.717) is 11.3 Å². The van der Waals surface area contributed by atoms with E-state index in [2.05, 4.69) is 9.71 Å². The van der Waals surface area contributed by atoms with E-state index in [1.807, 2.05) is 0 Å². The van der Waals surface area contributed by atoms with E-state index in [-0.39, 0.29) is 4.90 Å². The fourth-order valence-electron chi connectivity index (χ4n) is 1.49. The number of aromatic nitrogens is 1.